The van der Waals surface area contributed by atoms with Gasteiger partial charge in [-0.15, -0.1) is 0 Å². The number of phenols is 1. The average molecular weight is 193 g/mol. The summed E-state index contributed by atoms with van der Waals surface area (Å²) in [7, 11) is 1.73. The highest BCUT2D eigenvalue weighted by molar-refractivity contribution is 5.96. The lowest BCUT2D eigenvalue weighted by atomic mass is 10.2. The van der Waals surface area contributed by atoms with Crippen LogP contribution >= 0.6 is 0 Å². The number of para-hydroxylation sites is 1. The Labute approximate surface area is 84.0 Å². The second-order valence-electron chi connectivity index (χ2n) is 3.24. The zero-order valence-electron chi connectivity index (χ0n) is 8.53. The normalized spacial score (nSPS) is 9.86. The highest BCUT2D eigenvalue weighted by Crippen LogP contribution is 2.17. The van der Waals surface area contributed by atoms with E-state index in [0.29, 0.717) is 12.1 Å². The molecule has 0 fully saturated rings. The minimum atomic E-state index is -0.134. The lowest BCUT2D eigenvalue weighted by Gasteiger charge is -2.16. The molecule has 1 rings (SSSR count). The fraction of sp³-hybridized carbons (Fsp3) is 0.364. The van der Waals surface area contributed by atoms with Crippen molar-refractivity contribution in [2.24, 2.45) is 0 Å². The van der Waals surface area contributed by atoms with Crippen LogP contribution in [0.1, 0.15) is 23.7 Å². The van der Waals surface area contributed by atoms with Crippen LogP contribution in [-0.2, 0) is 0 Å². The third kappa shape index (κ3) is 2.25. The maximum absolute atomic E-state index is 11.7. The van der Waals surface area contributed by atoms with Crippen molar-refractivity contribution >= 4 is 5.91 Å². The summed E-state index contributed by atoms with van der Waals surface area (Å²) in [5, 5.41) is 9.45. The molecule has 0 atom stereocenters. The number of hydrogen-bond acceptors (Lipinski definition) is 2. The van der Waals surface area contributed by atoms with Crippen LogP contribution in [0.3, 0.4) is 0 Å². The summed E-state index contributed by atoms with van der Waals surface area (Å²) < 4.78 is 0. The molecular weight excluding hydrogens is 178 g/mol. The monoisotopic (exact) mass is 193 g/mol. The van der Waals surface area contributed by atoms with Gasteiger partial charge in [0.25, 0.3) is 5.91 Å². The average Bonchev–Trinajstić information content (AvgIpc) is 2.18. The first-order valence-corrected chi connectivity index (χ1v) is 4.70. The zero-order chi connectivity index (χ0) is 10.6. The van der Waals surface area contributed by atoms with E-state index in [4.69, 9.17) is 0 Å². The van der Waals surface area contributed by atoms with Crippen molar-refractivity contribution in [3.63, 3.8) is 0 Å². The number of nitrogens with zero attached hydrogens (tertiary/aromatic N) is 1. The smallest absolute Gasteiger partial charge is 0.257 e. The highest BCUT2D eigenvalue weighted by atomic mass is 16.3. The fourth-order valence-electron chi connectivity index (χ4n) is 1.30. The fourth-order valence-corrected chi connectivity index (χ4v) is 1.30. The molecule has 1 aromatic rings. The van der Waals surface area contributed by atoms with Gasteiger partial charge in [-0.3, -0.25) is 4.79 Å². The Balaban J connectivity index is 2.84. The van der Waals surface area contributed by atoms with Crippen molar-refractivity contribution in [1.29, 1.82) is 0 Å². The minimum Gasteiger partial charge on any atom is -0.507 e. The molecule has 1 N–H and O–H groups in total. The van der Waals surface area contributed by atoms with Crippen LogP contribution in [-0.4, -0.2) is 29.5 Å². The van der Waals surface area contributed by atoms with Gasteiger partial charge in [-0.1, -0.05) is 19.1 Å². The van der Waals surface area contributed by atoms with Crippen molar-refractivity contribution in [2.45, 2.75) is 13.3 Å². The van der Waals surface area contributed by atoms with Gasteiger partial charge in [0.1, 0.15) is 5.75 Å². The van der Waals surface area contributed by atoms with Gasteiger partial charge < -0.3 is 10.0 Å². The van der Waals surface area contributed by atoms with Gasteiger partial charge in [0.05, 0.1) is 5.56 Å². The van der Waals surface area contributed by atoms with Crippen molar-refractivity contribution < 1.29 is 9.90 Å². The summed E-state index contributed by atoms with van der Waals surface area (Å²) in [6.07, 6.45) is 0.913. The van der Waals surface area contributed by atoms with Gasteiger partial charge in [0.15, 0.2) is 0 Å². The number of aromatic hydroxyl groups is 1. The van der Waals surface area contributed by atoms with E-state index >= 15 is 0 Å². The Bertz CT molecular complexity index is 323. The van der Waals surface area contributed by atoms with Gasteiger partial charge in [-0.25, -0.2) is 0 Å². The molecule has 0 aliphatic heterocycles. The first-order valence-electron chi connectivity index (χ1n) is 4.70. The molecule has 0 spiro atoms. The zero-order valence-corrected chi connectivity index (χ0v) is 8.53. The minimum absolute atomic E-state index is 0.0421. The lowest BCUT2D eigenvalue weighted by molar-refractivity contribution is 0.0792. The Kier molecular flexibility index (Phi) is 3.51. The van der Waals surface area contributed by atoms with E-state index in [-0.39, 0.29) is 11.7 Å². The maximum Gasteiger partial charge on any atom is 0.257 e. The number of carbonyl (C=O) groups excluding carboxylic acids is 1. The Morgan fingerprint density at radius 2 is 2.07 bits per heavy atom. The molecule has 0 radical (unpaired) electrons. The predicted molar refractivity (Wildman–Crippen MR) is 55.4 cm³/mol. The number of hydrogen-bond donors (Lipinski definition) is 1. The molecule has 1 amide bonds. The molecular formula is C11H15NO2. The van der Waals surface area contributed by atoms with Crippen LogP contribution in [0.2, 0.25) is 0 Å². The number of amides is 1. The Hall–Kier alpha value is -1.51. The molecule has 3 nitrogen and oxygen atoms in total. The summed E-state index contributed by atoms with van der Waals surface area (Å²) in [6, 6.07) is 6.59. The van der Waals surface area contributed by atoms with Crippen LogP contribution in [0.4, 0.5) is 0 Å². The number of phenolic OH excluding ortho intramolecular Hbond substituents is 1. The lowest BCUT2D eigenvalue weighted by Crippen LogP contribution is -2.27. The summed E-state index contributed by atoms with van der Waals surface area (Å²) >= 11 is 0. The summed E-state index contributed by atoms with van der Waals surface area (Å²) in [6.45, 7) is 2.71. The Morgan fingerprint density at radius 1 is 1.43 bits per heavy atom. The molecule has 0 bridgehead atoms. The van der Waals surface area contributed by atoms with E-state index in [2.05, 4.69) is 0 Å². The van der Waals surface area contributed by atoms with Gasteiger partial charge in [-0.05, 0) is 18.6 Å². The van der Waals surface area contributed by atoms with Crippen molar-refractivity contribution in [1.82, 2.24) is 4.90 Å². The van der Waals surface area contributed by atoms with Crippen molar-refractivity contribution in [2.75, 3.05) is 13.6 Å². The van der Waals surface area contributed by atoms with E-state index in [1.807, 2.05) is 6.92 Å². The Morgan fingerprint density at radius 3 is 2.64 bits per heavy atom. The van der Waals surface area contributed by atoms with Crippen LogP contribution in [0.15, 0.2) is 24.3 Å². The van der Waals surface area contributed by atoms with Gasteiger partial charge >= 0.3 is 0 Å². The summed E-state index contributed by atoms with van der Waals surface area (Å²) in [4.78, 5) is 13.3. The molecule has 1 aromatic carbocycles. The number of carbonyl (C=O) groups is 1. The van der Waals surface area contributed by atoms with E-state index < -0.39 is 0 Å². The van der Waals surface area contributed by atoms with E-state index in [1.54, 1.807) is 30.1 Å². The van der Waals surface area contributed by atoms with Gasteiger partial charge in [-0.2, -0.15) is 0 Å². The molecule has 0 heterocycles. The molecule has 0 unspecified atom stereocenters. The topological polar surface area (TPSA) is 40.5 Å². The van der Waals surface area contributed by atoms with E-state index in [0.717, 1.165) is 6.42 Å². The number of benzene rings is 1. The standard InChI is InChI=1S/C11H15NO2/c1-3-8-12(2)11(14)9-6-4-5-7-10(9)13/h4-7,13H,3,8H2,1-2H3. The third-order valence-electron chi connectivity index (χ3n) is 2.04. The molecule has 76 valence electrons. The van der Waals surface area contributed by atoms with E-state index in [9.17, 15) is 9.90 Å². The summed E-state index contributed by atoms with van der Waals surface area (Å²) in [5.74, 6) is -0.0922. The van der Waals surface area contributed by atoms with Crippen LogP contribution in [0.25, 0.3) is 0 Å². The second-order valence-corrected chi connectivity index (χ2v) is 3.24. The quantitative estimate of drug-likeness (QED) is 0.796. The first-order chi connectivity index (χ1) is 6.66. The summed E-state index contributed by atoms with van der Waals surface area (Å²) in [5.41, 5.74) is 0.364. The first kappa shape index (κ1) is 10.6. The molecule has 0 saturated heterocycles. The molecule has 0 aliphatic rings. The van der Waals surface area contributed by atoms with Crippen molar-refractivity contribution in [3.05, 3.63) is 29.8 Å². The predicted octanol–water partition coefficient (Wildman–Crippen LogP) is 1.87. The number of rotatable bonds is 3. The molecule has 14 heavy (non-hydrogen) atoms. The van der Waals surface area contributed by atoms with Gasteiger partial charge in [0, 0.05) is 13.6 Å². The van der Waals surface area contributed by atoms with Crippen LogP contribution in [0.5, 0.6) is 5.75 Å². The molecule has 0 saturated carbocycles. The second kappa shape index (κ2) is 4.65. The molecule has 0 aromatic heterocycles. The van der Waals surface area contributed by atoms with Gasteiger partial charge in [0.2, 0.25) is 0 Å². The molecule has 3 heteroatoms. The van der Waals surface area contributed by atoms with Crippen LogP contribution < -0.4 is 0 Å². The molecule has 0 aliphatic carbocycles. The third-order valence-corrected chi connectivity index (χ3v) is 2.04. The van der Waals surface area contributed by atoms with Crippen molar-refractivity contribution in [3.8, 4) is 5.75 Å². The SMILES string of the molecule is CCCN(C)C(=O)c1ccccc1O. The van der Waals surface area contributed by atoms with Crippen LogP contribution in [0, 0.1) is 0 Å². The largest absolute Gasteiger partial charge is 0.507 e. The van der Waals surface area contributed by atoms with E-state index in [1.165, 1.54) is 6.07 Å². The highest BCUT2D eigenvalue weighted by Gasteiger charge is 2.13. The maximum atomic E-state index is 11.7.